The third-order valence-corrected chi connectivity index (χ3v) is 6.61. The largest absolute Gasteiger partial charge is 0.465 e. The summed E-state index contributed by atoms with van der Waals surface area (Å²) in [6.07, 6.45) is -1.10. The molecular formula is C26H31N3O5. The number of amides is 3. The minimum Gasteiger partial charge on any atom is -0.465 e. The first-order chi connectivity index (χ1) is 16.0. The number of hydrogen-bond acceptors (Lipinski definition) is 4. The molecule has 8 nitrogen and oxygen atoms in total. The fourth-order valence-corrected chi connectivity index (χ4v) is 5.22. The molecule has 0 radical (unpaired) electrons. The van der Waals surface area contributed by atoms with Crippen LogP contribution in [0.4, 0.5) is 9.59 Å². The Bertz CT molecular complexity index is 1060. The Morgan fingerprint density at radius 2 is 1.62 bits per heavy atom. The summed E-state index contributed by atoms with van der Waals surface area (Å²) in [4.78, 5) is 38.2. The molecule has 1 aliphatic heterocycles. The molecular weight excluding hydrogens is 434 g/mol. The molecule has 34 heavy (non-hydrogen) atoms. The molecule has 8 heteroatoms. The number of fused-ring (bicyclic) bond motifs is 3. The van der Waals surface area contributed by atoms with E-state index in [4.69, 9.17) is 10.5 Å². The van der Waals surface area contributed by atoms with Crippen LogP contribution in [0.15, 0.2) is 48.5 Å². The molecule has 2 aromatic rings. The maximum Gasteiger partial charge on any atom is 0.407 e. The summed E-state index contributed by atoms with van der Waals surface area (Å²) in [6, 6.07) is 15.0. The molecule has 3 amide bonds. The summed E-state index contributed by atoms with van der Waals surface area (Å²) in [6.45, 7) is 5.27. The molecule has 0 bridgehead atoms. The van der Waals surface area contributed by atoms with E-state index in [2.05, 4.69) is 29.6 Å². The van der Waals surface area contributed by atoms with E-state index in [0.29, 0.717) is 6.42 Å². The predicted octanol–water partition coefficient (Wildman–Crippen LogP) is 3.94. The van der Waals surface area contributed by atoms with Gasteiger partial charge < -0.3 is 25.8 Å². The van der Waals surface area contributed by atoms with Crippen molar-refractivity contribution in [2.75, 3.05) is 6.54 Å². The Hall–Kier alpha value is -3.55. The zero-order chi connectivity index (χ0) is 24.6. The number of ether oxygens (including phenoxy) is 1. The number of piperidine rings is 1. The zero-order valence-corrected chi connectivity index (χ0v) is 19.7. The van der Waals surface area contributed by atoms with E-state index in [-0.39, 0.29) is 18.9 Å². The highest BCUT2D eigenvalue weighted by Crippen LogP contribution is 2.47. The van der Waals surface area contributed by atoms with E-state index in [0.717, 1.165) is 22.3 Å². The van der Waals surface area contributed by atoms with Crippen molar-refractivity contribution in [1.29, 1.82) is 0 Å². The van der Waals surface area contributed by atoms with Gasteiger partial charge in [0, 0.05) is 12.5 Å². The van der Waals surface area contributed by atoms with Crippen molar-refractivity contribution < 1.29 is 24.2 Å². The second kappa shape index (κ2) is 9.00. The first-order valence-corrected chi connectivity index (χ1v) is 11.5. The Balaban J connectivity index is 1.69. The molecule has 1 saturated heterocycles. The Kier molecular flexibility index (Phi) is 6.25. The smallest absolute Gasteiger partial charge is 0.407 e. The lowest BCUT2D eigenvalue weighted by Crippen LogP contribution is -2.61. The van der Waals surface area contributed by atoms with Crippen LogP contribution in [0.5, 0.6) is 0 Å². The molecule has 180 valence electrons. The number of carboxylic acid groups (broad SMARTS) is 1. The van der Waals surface area contributed by atoms with Crippen LogP contribution in [0.3, 0.4) is 0 Å². The van der Waals surface area contributed by atoms with Gasteiger partial charge in [-0.1, -0.05) is 48.5 Å². The van der Waals surface area contributed by atoms with Crippen molar-refractivity contribution in [3.8, 4) is 11.1 Å². The number of nitrogens with one attached hydrogen (secondary N) is 1. The van der Waals surface area contributed by atoms with Crippen LogP contribution in [0.1, 0.15) is 50.7 Å². The van der Waals surface area contributed by atoms with E-state index in [1.807, 2.05) is 24.3 Å². The second-order valence-corrected chi connectivity index (χ2v) is 10.1. The highest BCUT2D eigenvalue weighted by molar-refractivity contribution is 5.80. The average Bonchev–Trinajstić information content (AvgIpc) is 3.07. The van der Waals surface area contributed by atoms with E-state index < -0.39 is 41.7 Å². The lowest BCUT2D eigenvalue weighted by atomic mass is 9.81. The molecule has 2 aromatic carbocycles. The number of alkyl carbamates (subject to hydrolysis) is 1. The van der Waals surface area contributed by atoms with Gasteiger partial charge in [0.1, 0.15) is 5.60 Å². The number of carbonyl (C=O) groups excluding carboxylic acids is 2. The number of hydrogen-bond donors (Lipinski definition) is 3. The average molecular weight is 466 g/mol. The topological polar surface area (TPSA) is 122 Å². The minimum atomic E-state index is -1.15. The summed E-state index contributed by atoms with van der Waals surface area (Å²) in [5.41, 5.74) is 9.36. The molecule has 1 heterocycles. The zero-order valence-electron chi connectivity index (χ0n) is 19.7. The molecule has 3 unspecified atom stereocenters. The van der Waals surface area contributed by atoms with Crippen LogP contribution < -0.4 is 11.1 Å². The summed E-state index contributed by atoms with van der Waals surface area (Å²) in [7, 11) is 0. The monoisotopic (exact) mass is 465 g/mol. The van der Waals surface area contributed by atoms with Gasteiger partial charge in [-0.25, -0.2) is 9.59 Å². The van der Waals surface area contributed by atoms with Gasteiger partial charge in [-0.05, 0) is 55.9 Å². The minimum absolute atomic E-state index is 0.00214. The highest BCUT2D eigenvalue weighted by atomic mass is 16.6. The number of carbonyl (C=O) groups is 3. The molecule has 1 aliphatic carbocycles. The highest BCUT2D eigenvalue weighted by Gasteiger charge is 2.44. The van der Waals surface area contributed by atoms with Gasteiger partial charge in [-0.3, -0.25) is 4.79 Å². The third-order valence-electron chi connectivity index (χ3n) is 6.61. The van der Waals surface area contributed by atoms with Crippen LogP contribution >= 0.6 is 0 Å². The summed E-state index contributed by atoms with van der Waals surface area (Å²) >= 11 is 0. The van der Waals surface area contributed by atoms with Crippen molar-refractivity contribution in [1.82, 2.24) is 10.2 Å². The van der Waals surface area contributed by atoms with E-state index in [9.17, 15) is 19.5 Å². The van der Waals surface area contributed by atoms with Crippen molar-refractivity contribution >= 4 is 18.1 Å². The molecule has 4 rings (SSSR count). The van der Waals surface area contributed by atoms with Crippen LogP contribution in [0.2, 0.25) is 0 Å². The van der Waals surface area contributed by atoms with Crippen molar-refractivity contribution in [2.24, 2.45) is 11.7 Å². The van der Waals surface area contributed by atoms with Gasteiger partial charge in [0.25, 0.3) is 0 Å². The van der Waals surface area contributed by atoms with Crippen LogP contribution in [-0.4, -0.2) is 52.3 Å². The fraction of sp³-hybridized carbons (Fsp3) is 0.423. The maximum absolute atomic E-state index is 12.6. The Labute approximate surface area is 199 Å². The van der Waals surface area contributed by atoms with Gasteiger partial charge in [-0.2, -0.15) is 0 Å². The fourth-order valence-electron chi connectivity index (χ4n) is 5.22. The van der Waals surface area contributed by atoms with Gasteiger partial charge >= 0.3 is 12.2 Å². The molecule has 1 fully saturated rings. The van der Waals surface area contributed by atoms with Crippen LogP contribution in [0, 0.1) is 5.92 Å². The lowest BCUT2D eigenvalue weighted by Gasteiger charge is -2.43. The summed E-state index contributed by atoms with van der Waals surface area (Å²) in [5.74, 6) is -1.33. The number of rotatable bonds is 4. The third kappa shape index (κ3) is 4.71. The standard InChI is InChI=1S/C26H31N3O5/c1-26(2,3)34-24(31)28-21-12-15(23(27)30)14-29(25(32)33)22(21)13-20-18-10-6-4-8-16(18)17-9-5-7-11-19(17)20/h4-11,15,20-22H,12-14H2,1-3H3,(H2,27,30)(H,28,31)(H,32,33). The number of nitrogens with two attached hydrogens (primary N) is 1. The maximum atomic E-state index is 12.6. The van der Waals surface area contributed by atoms with Gasteiger partial charge in [0.15, 0.2) is 0 Å². The van der Waals surface area contributed by atoms with Crippen molar-refractivity contribution in [3.63, 3.8) is 0 Å². The normalized spacial score (nSPS) is 22.0. The Morgan fingerprint density at radius 3 is 2.12 bits per heavy atom. The SMILES string of the molecule is CC(C)(C)OC(=O)NC1CC(C(N)=O)CN(C(=O)O)C1CC1c2ccccc2-c2ccccc21. The van der Waals surface area contributed by atoms with E-state index >= 15 is 0 Å². The summed E-state index contributed by atoms with van der Waals surface area (Å²) < 4.78 is 5.43. The van der Waals surface area contributed by atoms with E-state index in [1.165, 1.54) is 4.90 Å². The van der Waals surface area contributed by atoms with Crippen molar-refractivity contribution in [2.45, 2.75) is 57.2 Å². The number of likely N-dealkylation sites (tertiary alicyclic amines) is 1. The predicted molar refractivity (Wildman–Crippen MR) is 127 cm³/mol. The molecule has 2 aliphatic rings. The molecule has 4 N–H and O–H groups in total. The number of nitrogens with zero attached hydrogens (tertiary/aromatic N) is 1. The van der Waals surface area contributed by atoms with Crippen LogP contribution in [-0.2, 0) is 9.53 Å². The second-order valence-electron chi connectivity index (χ2n) is 10.1. The van der Waals surface area contributed by atoms with E-state index in [1.54, 1.807) is 20.8 Å². The number of primary amides is 1. The van der Waals surface area contributed by atoms with Crippen molar-refractivity contribution in [3.05, 3.63) is 59.7 Å². The summed E-state index contributed by atoms with van der Waals surface area (Å²) in [5, 5.41) is 12.9. The number of benzene rings is 2. The molecule has 0 saturated carbocycles. The molecule has 0 spiro atoms. The lowest BCUT2D eigenvalue weighted by molar-refractivity contribution is -0.124. The quantitative estimate of drug-likeness (QED) is 0.631. The first kappa shape index (κ1) is 23.6. The molecule has 3 atom stereocenters. The van der Waals surface area contributed by atoms with Gasteiger partial charge in [0.2, 0.25) is 5.91 Å². The van der Waals surface area contributed by atoms with Gasteiger partial charge in [0.05, 0.1) is 18.0 Å². The van der Waals surface area contributed by atoms with Crippen LogP contribution in [0.25, 0.3) is 11.1 Å². The molecule has 0 aromatic heterocycles. The van der Waals surface area contributed by atoms with Gasteiger partial charge in [-0.15, -0.1) is 0 Å². The first-order valence-electron chi connectivity index (χ1n) is 11.5. The Morgan fingerprint density at radius 1 is 1.06 bits per heavy atom.